The molecule has 4 nitrogen and oxygen atoms in total. The summed E-state index contributed by atoms with van der Waals surface area (Å²) in [6.45, 7) is 5.76. The number of nitrogens with zero attached hydrogens (tertiary/aromatic N) is 1. The van der Waals surface area contributed by atoms with Gasteiger partial charge in [0, 0.05) is 31.5 Å². The summed E-state index contributed by atoms with van der Waals surface area (Å²) >= 11 is 0. The summed E-state index contributed by atoms with van der Waals surface area (Å²) in [5.74, 6) is 1.13. The van der Waals surface area contributed by atoms with Gasteiger partial charge in [0.1, 0.15) is 0 Å². The summed E-state index contributed by atoms with van der Waals surface area (Å²) in [7, 11) is 0. The lowest BCUT2D eigenvalue weighted by atomic mass is 9.72. The van der Waals surface area contributed by atoms with Gasteiger partial charge in [-0.2, -0.15) is 0 Å². The van der Waals surface area contributed by atoms with Crippen LogP contribution in [0.3, 0.4) is 0 Å². The molecule has 0 bridgehead atoms. The van der Waals surface area contributed by atoms with Crippen molar-refractivity contribution >= 4 is 11.8 Å². The van der Waals surface area contributed by atoms with Crippen molar-refractivity contribution < 1.29 is 9.59 Å². The van der Waals surface area contributed by atoms with E-state index in [1.807, 2.05) is 13.8 Å². The molecule has 2 amide bonds. The second kappa shape index (κ2) is 7.29. The van der Waals surface area contributed by atoms with Gasteiger partial charge in [0.15, 0.2) is 0 Å². The highest BCUT2D eigenvalue weighted by atomic mass is 16.2. The molecule has 4 rings (SSSR count). The number of likely N-dealkylation sites (tertiary alicyclic amines) is 1. The van der Waals surface area contributed by atoms with Crippen LogP contribution in [0.4, 0.5) is 0 Å². The number of amides is 2. The molecule has 1 atom stereocenters. The maximum atomic E-state index is 12.6. The minimum atomic E-state index is 0.149. The molecule has 146 valence electrons. The minimum Gasteiger partial charge on any atom is -0.354 e. The third-order valence-electron chi connectivity index (χ3n) is 6.98. The topological polar surface area (TPSA) is 49.4 Å². The van der Waals surface area contributed by atoms with Gasteiger partial charge in [0.25, 0.3) is 0 Å². The first kappa shape index (κ1) is 18.5. The van der Waals surface area contributed by atoms with Crippen LogP contribution in [0.5, 0.6) is 0 Å². The molecular weight excluding hydrogens is 336 g/mol. The molecule has 4 heteroatoms. The normalized spacial score (nSPS) is 24.0. The Morgan fingerprint density at radius 2 is 1.89 bits per heavy atom. The van der Waals surface area contributed by atoms with E-state index in [2.05, 4.69) is 34.5 Å². The van der Waals surface area contributed by atoms with Gasteiger partial charge in [-0.3, -0.25) is 9.59 Å². The Hall–Kier alpha value is -1.84. The van der Waals surface area contributed by atoms with Crippen LogP contribution < -0.4 is 5.32 Å². The van der Waals surface area contributed by atoms with E-state index in [9.17, 15) is 9.59 Å². The van der Waals surface area contributed by atoms with Gasteiger partial charge in [-0.05, 0) is 68.4 Å². The van der Waals surface area contributed by atoms with E-state index < -0.39 is 0 Å². The van der Waals surface area contributed by atoms with Crippen LogP contribution in [0.15, 0.2) is 24.3 Å². The quantitative estimate of drug-likeness (QED) is 0.880. The van der Waals surface area contributed by atoms with Crippen molar-refractivity contribution in [2.45, 2.75) is 76.2 Å². The molecule has 27 heavy (non-hydrogen) atoms. The van der Waals surface area contributed by atoms with Crippen LogP contribution in [0.2, 0.25) is 0 Å². The van der Waals surface area contributed by atoms with Crippen LogP contribution in [-0.4, -0.2) is 35.8 Å². The number of rotatable bonds is 4. The Morgan fingerprint density at radius 1 is 1.19 bits per heavy atom. The molecule has 1 heterocycles. The van der Waals surface area contributed by atoms with Crippen molar-refractivity contribution in [3.05, 3.63) is 35.4 Å². The van der Waals surface area contributed by atoms with Gasteiger partial charge in [0.2, 0.25) is 11.8 Å². The first-order valence-electron chi connectivity index (χ1n) is 10.7. The van der Waals surface area contributed by atoms with Gasteiger partial charge < -0.3 is 10.2 Å². The molecule has 1 saturated carbocycles. The average molecular weight is 369 g/mol. The Balaban J connectivity index is 1.47. The third-order valence-corrected chi connectivity index (χ3v) is 6.98. The van der Waals surface area contributed by atoms with E-state index in [1.165, 1.54) is 17.5 Å². The zero-order chi connectivity index (χ0) is 19.0. The molecule has 0 aromatic heterocycles. The number of piperidine rings is 1. The number of hydrogen-bond donors (Lipinski definition) is 1. The fraction of sp³-hybridized carbons (Fsp3) is 0.652. The van der Waals surface area contributed by atoms with Crippen molar-refractivity contribution in [2.24, 2.45) is 5.92 Å². The lowest BCUT2D eigenvalue weighted by molar-refractivity contribution is -0.139. The summed E-state index contributed by atoms with van der Waals surface area (Å²) in [6.07, 6.45) is 7.05. The first-order valence-corrected chi connectivity index (χ1v) is 10.7. The summed E-state index contributed by atoms with van der Waals surface area (Å²) < 4.78 is 0. The molecule has 3 aliphatic rings. The fourth-order valence-electron chi connectivity index (χ4n) is 5.36. The van der Waals surface area contributed by atoms with Crippen molar-refractivity contribution in [3.8, 4) is 0 Å². The first-order chi connectivity index (χ1) is 13.0. The number of carbonyl (C=O) groups excluding carboxylic acids is 2. The Morgan fingerprint density at radius 3 is 2.52 bits per heavy atom. The van der Waals surface area contributed by atoms with Crippen LogP contribution in [0.1, 0.15) is 75.8 Å². The highest BCUT2D eigenvalue weighted by Gasteiger charge is 2.46. The summed E-state index contributed by atoms with van der Waals surface area (Å²) in [5.41, 5.74) is 2.94. The van der Waals surface area contributed by atoms with Crippen LogP contribution in [0, 0.1) is 5.92 Å². The van der Waals surface area contributed by atoms with Gasteiger partial charge >= 0.3 is 0 Å². The van der Waals surface area contributed by atoms with Gasteiger partial charge in [-0.1, -0.05) is 30.7 Å². The average Bonchev–Trinajstić information content (AvgIpc) is 2.87. The number of nitrogens with one attached hydrogen (secondary N) is 1. The molecule has 1 spiro atoms. The van der Waals surface area contributed by atoms with Gasteiger partial charge in [-0.25, -0.2) is 0 Å². The van der Waals surface area contributed by atoms with Crippen molar-refractivity contribution in [2.75, 3.05) is 13.1 Å². The Kier molecular flexibility index (Phi) is 5.00. The largest absolute Gasteiger partial charge is 0.354 e. The Labute approximate surface area is 162 Å². The number of hydrogen-bond acceptors (Lipinski definition) is 2. The predicted octanol–water partition coefficient (Wildman–Crippen LogP) is 3.75. The molecule has 2 fully saturated rings. The highest BCUT2D eigenvalue weighted by molar-refractivity contribution is 5.80. The molecule has 1 N–H and O–H groups in total. The lowest BCUT2D eigenvalue weighted by Gasteiger charge is -2.42. The molecule has 1 saturated heterocycles. The van der Waals surface area contributed by atoms with Crippen molar-refractivity contribution in [1.82, 2.24) is 10.2 Å². The highest BCUT2D eigenvalue weighted by Crippen LogP contribution is 2.52. The van der Waals surface area contributed by atoms with E-state index in [4.69, 9.17) is 0 Å². The molecule has 1 aliphatic heterocycles. The molecule has 0 radical (unpaired) electrons. The standard InChI is InChI=1S/C23H32N2O2/c1-16(2)24-21(26)14-18-15-23(20-9-4-3-8-19(18)20)10-12-25(13-11-23)22(27)17-6-5-7-17/h3-4,8-9,16-18H,5-7,10-15H2,1-2H3,(H,24,26)/t18-/m1/s1. The third kappa shape index (κ3) is 3.51. The lowest BCUT2D eigenvalue weighted by Crippen LogP contribution is -2.47. The zero-order valence-corrected chi connectivity index (χ0v) is 16.7. The number of benzene rings is 1. The van der Waals surface area contributed by atoms with Crippen LogP contribution in [0.25, 0.3) is 0 Å². The van der Waals surface area contributed by atoms with Crippen LogP contribution >= 0.6 is 0 Å². The summed E-state index contributed by atoms with van der Waals surface area (Å²) in [4.78, 5) is 27.1. The summed E-state index contributed by atoms with van der Waals surface area (Å²) in [5, 5.41) is 3.05. The second-order valence-electron chi connectivity index (χ2n) is 9.15. The summed E-state index contributed by atoms with van der Waals surface area (Å²) in [6, 6.07) is 8.88. The maximum Gasteiger partial charge on any atom is 0.225 e. The smallest absolute Gasteiger partial charge is 0.225 e. The Bertz CT molecular complexity index is 715. The van der Waals surface area contributed by atoms with Crippen molar-refractivity contribution in [3.63, 3.8) is 0 Å². The maximum absolute atomic E-state index is 12.6. The number of carbonyl (C=O) groups is 2. The fourth-order valence-corrected chi connectivity index (χ4v) is 5.36. The molecule has 1 aromatic rings. The molecule has 0 unspecified atom stereocenters. The van der Waals surface area contributed by atoms with Crippen molar-refractivity contribution in [1.29, 1.82) is 0 Å². The van der Waals surface area contributed by atoms with Gasteiger partial charge in [0.05, 0.1) is 0 Å². The van der Waals surface area contributed by atoms with E-state index in [-0.39, 0.29) is 17.4 Å². The van der Waals surface area contributed by atoms with E-state index in [0.29, 0.717) is 24.2 Å². The molecule has 2 aliphatic carbocycles. The van der Waals surface area contributed by atoms with E-state index >= 15 is 0 Å². The van der Waals surface area contributed by atoms with Crippen LogP contribution in [-0.2, 0) is 15.0 Å². The SMILES string of the molecule is CC(C)NC(=O)C[C@@H]1CC2(CCN(C(=O)C3CCC3)CC2)c2ccccc21. The second-order valence-corrected chi connectivity index (χ2v) is 9.15. The molecular formula is C23H32N2O2. The van der Waals surface area contributed by atoms with Gasteiger partial charge in [-0.15, -0.1) is 0 Å². The van der Waals surface area contributed by atoms with E-state index in [1.54, 1.807) is 0 Å². The molecule has 1 aromatic carbocycles. The minimum absolute atomic E-state index is 0.149. The number of fused-ring (bicyclic) bond motifs is 2. The zero-order valence-electron chi connectivity index (χ0n) is 16.7. The predicted molar refractivity (Wildman–Crippen MR) is 107 cm³/mol. The van der Waals surface area contributed by atoms with E-state index in [0.717, 1.165) is 45.2 Å². The monoisotopic (exact) mass is 368 g/mol.